The molecule has 2 aromatic carbocycles. The lowest BCUT2D eigenvalue weighted by Gasteiger charge is -2.18. The molecule has 5 aromatic rings. The van der Waals surface area contributed by atoms with E-state index in [1.807, 2.05) is 49.8 Å². The first-order valence-corrected chi connectivity index (χ1v) is 11.4. The fraction of sp³-hybridized carbons (Fsp3) is 0.240. The van der Waals surface area contributed by atoms with Gasteiger partial charge in [-0.25, -0.2) is 9.97 Å². The predicted molar refractivity (Wildman–Crippen MR) is 133 cm³/mol. The standard InChI is InChI=1S/C25H24ClN7O/c1-5-33-15(3)18(12-28-33)13-32(4)25(34)23-20-10-19(26)6-7-21(20)29-24(30-23)16-8-14(2)22-17(9-16)11-27-31-22/h6-12H,5,13H2,1-4H3,(H,27,31). The molecule has 8 nitrogen and oxygen atoms in total. The van der Waals surface area contributed by atoms with Crippen LogP contribution in [0.4, 0.5) is 0 Å². The summed E-state index contributed by atoms with van der Waals surface area (Å²) in [6.45, 7) is 7.26. The van der Waals surface area contributed by atoms with Crippen molar-refractivity contribution in [1.82, 2.24) is 34.8 Å². The van der Waals surface area contributed by atoms with E-state index < -0.39 is 0 Å². The lowest BCUT2D eigenvalue weighted by Crippen LogP contribution is -2.27. The number of H-pyrrole nitrogens is 1. The van der Waals surface area contributed by atoms with Gasteiger partial charge in [-0.05, 0) is 56.7 Å². The van der Waals surface area contributed by atoms with Gasteiger partial charge in [-0.3, -0.25) is 14.6 Å². The summed E-state index contributed by atoms with van der Waals surface area (Å²) in [6, 6.07) is 9.30. The molecule has 5 rings (SSSR count). The summed E-state index contributed by atoms with van der Waals surface area (Å²) in [7, 11) is 1.77. The monoisotopic (exact) mass is 473 g/mol. The smallest absolute Gasteiger partial charge is 0.273 e. The highest BCUT2D eigenvalue weighted by Gasteiger charge is 2.21. The van der Waals surface area contributed by atoms with Gasteiger partial charge in [-0.1, -0.05) is 11.6 Å². The van der Waals surface area contributed by atoms with Gasteiger partial charge in [0.1, 0.15) is 5.69 Å². The summed E-state index contributed by atoms with van der Waals surface area (Å²) in [5.41, 5.74) is 5.83. The number of hydrogen-bond acceptors (Lipinski definition) is 5. The number of aromatic amines is 1. The van der Waals surface area contributed by atoms with Crippen LogP contribution in [0, 0.1) is 13.8 Å². The van der Waals surface area contributed by atoms with Gasteiger partial charge >= 0.3 is 0 Å². The second kappa shape index (κ2) is 8.53. The molecule has 9 heteroatoms. The third kappa shape index (κ3) is 3.80. The molecule has 34 heavy (non-hydrogen) atoms. The van der Waals surface area contributed by atoms with E-state index in [0.29, 0.717) is 34.0 Å². The van der Waals surface area contributed by atoms with Gasteiger partial charge in [0.25, 0.3) is 5.91 Å². The number of aromatic nitrogens is 6. The molecule has 1 N–H and O–H groups in total. The highest BCUT2D eigenvalue weighted by atomic mass is 35.5. The maximum atomic E-state index is 13.6. The maximum Gasteiger partial charge on any atom is 0.273 e. The van der Waals surface area contributed by atoms with Crippen LogP contribution in [-0.4, -0.2) is 47.8 Å². The summed E-state index contributed by atoms with van der Waals surface area (Å²) >= 11 is 6.27. The third-order valence-electron chi connectivity index (χ3n) is 6.12. The minimum absolute atomic E-state index is 0.208. The van der Waals surface area contributed by atoms with E-state index in [9.17, 15) is 4.79 Å². The van der Waals surface area contributed by atoms with Crippen LogP contribution < -0.4 is 0 Å². The molecule has 0 bridgehead atoms. The van der Waals surface area contributed by atoms with Crippen molar-refractivity contribution in [3.8, 4) is 11.4 Å². The molecule has 0 aliphatic rings. The van der Waals surface area contributed by atoms with Crippen LogP contribution in [0.1, 0.15) is 34.2 Å². The van der Waals surface area contributed by atoms with E-state index in [4.69, 9.17) is 21.6 Å². The van der Waals surface area contributed by atoms with Gasteiger partial charge in [-0.2, -0.15) is 10.2 Å². The van der Waals surface area contributed by atoms with Crippen LogP contribution in [0.5, 0.6) is 0 Å². The minimum atomic E-state index is -0.208. The Morgan fingerprint density at radius 3 is 2.74 bits per heavy atom. The van der Waals surface area contributed by atoms with Crippen molar-refractivity contribution in [1.29, 1.82) is 0 Å². The molecule has 0 spiro atoms. The Balaban J connectivity index is 1.60. The zero-order valence-electron chi connectivity index (χ0n) is 19.4. The number of carbonyl (C=O) groups excluding carboxylic acids is 1. The van der Waals surface area contributed by atoms with E-state index in [0.717, 1.165) is 39.8 Å². The number of hydrogen-bond donors (Lipinski definition) is 1. The fourth-order valence-corrected chi connectivity index (χ4v) is 4.40. The minimum Gasteiger partial charge on any atom is -0.336 e. The van der Waals surface area contributed by atoms with Crippen molar-refractivity contribution >= 4 is 39.3 Å². The molecule has 0 saturated heterocycles. The number of amides is 1. The molecule has 3 aromatic heterocycles. The first kappa shape index (κ1) is 22.0. The van der Waals surface area contributed by atoms with Crippen molar-refractivity contribution in [2.24, 2.45) is 0 Å². The molecule has 0 atom stereocenters. The Morgan fingerprint density at radius 2 is 1.97 bits per heavy atom. The number of benzene rings is 2. The molecule has 0 aliphatic heterocycles. The molecule has 3 heterocycles. The molecular formula is C25H24ClN7O. The number of fused-ring (bicyclic) bond motifs is 2. The van der Waals surface area contributed by atoms with Gasteiger partial charge < -0.3 is 4.90 Å². The molecule has 1 amide bonds. The zero-order chi connectivity index (χ0) is 24.0. The average molecular weight is 474 g/mol. The van der Waals surface area contributed by atoms with E-state index in [-0.39, 0.29) is 5.91 Å². The van der Waals surface area contributed by atoms with Crippen LogP contribution in [-0.2, 0) is 13.1 Å². The van der Waals surface area contributed by atoms with Crippen molar-refractivity contribution in [3.63, 3.8) is 0 Å². The Hall–Kier alpha value is -3.78. The molecule has 172 valence electrons. The number of aryl methyl sites for hydroxylation is 2. The summed E-state index contributed by atoms with van der Waals surface area (Å²) in [5.74, 6) is 0.272. The molecule has 0 aliphatic carbocycles. The first-order chi connectivity index (χ1) is 16.4. The average Bonchev–Trinajstić information content (AvgIpc) is 3.44. The topological polar surface area (TPSA) is 92.6 Å². The van der Waals surface area contributed by atoms with E-state index in [2.05, 4.69) is 15.3 Å². The van der Waals surface area contributed by atoms with Crippen LogP contribution >= 0.6 is 11.6 Å². The van der Waals surface area contributed by atoms with E-state index >= 15 is 0 Å². The van der Waals surface area contributed by atoms with Crippen molar-refractivity contribution in [2.45, 2.75) is 33.9 Å². The van der Waals surface area contributed by atoms with Crippen molar-refractivity contribution < 1.29 is 4.79 Å². The second-order valence-electron chi connectivity index (χ2n) is 8.42. The predicted octanol–water partition coefficient (Wildman–Crippen LogP) is 4.93. The fourth-order valence-electron chi connectivity index (χ4n) is 4.22. The SMILES string of the molecule is CCn1ncc(CN(C)C(=O)c2nc(-c3cc(C)c4[nH]ncc4c3)nc3ccc(Cl)cc23)c1C. The van der Waals surface area contributed by atoms with Gasteiger partial charge in [-0.15, -0.1) is 0 Å². The van der Waals surface area contributed by atoms with Crippen molar-refractivity contribution in [2.75, 3.05) is 7.05 Å². The number of nitrogens with one attached hydrogen (secondary N) is 1. The zero-order valence-corrected chi connectivity index (χ0v) is 20.2. The maximum absolute atomic E-state index is 13.6. The quantitative estimate of drug-likeness (QED) is 0.390. The molecule has 0 unspecified atom stereocenters. The third-order valence-corrected chi connectivity index (χ3v) is 6.36. The van der Waals surface area contributed by atoms with Crippen LogP contribution in [0.15, 0.2) is 42.7 Å². The number of carbonyl (C=O) groups is 1. The lowest BCUT2D eigenvalue weighted by molar-refractivity contribution is 0.0781. The first-order valence-electron chi connectivity index (χ1n) is 11.0. The van der Waals surface area contributed by atoms with Gasteiger partial charge in [0.05, 0.1) is 23.4 Å². The molecule has 0 fully saturated rings. The highest BCUT2D eigenvalue weighted by molar-refractivity contribution is 6.31. The summed E-state index contributed by atoms with van der Waals surface area (Å²) < 4.78 is 1.92. The van der Waals surface area contributed by atoms with Crippen LogP contribution in [0.25, 0.3) is 33.2 Å². The van der Waals surface area contributed by atoms with Gasteiger partial charge in [0.15, 0.2) is 5.82 Å². The largest absolute Gasteiger partial charge is 0.336 e. The van der Waals surface area contributed by atoms with Gasteiger partial charge in [0, 0.05) is 52.8 Å². The van der Waals surface area contributed by atoms with Gasteiger partial charge in [0.2, 0.25) is 0 Å². The molecule has 0 radical (unpaired) electrons. The Morgan fingerprint density at radius 1 is 1.15 bits per heavy atom. The van der Waals surface area contributed by atoms with Crippen LogP contribution in [0.3, 0.4) is 0 Å². The summed E-state index contributed by atoms with van der Waals surface area (Å²) in [4.78, 5) is 24.8. The number of halogens is 1. The normalized spacial score (nSPS) is 11.4. The summed E-state index contributed by atoms with van der Waals surface area (Å²) in [5, 5.41) is 13.6. The molecular weight excluding hydrogens is 450 g/mol. The van der Waals surface area contributed by atoms with Crippen LogP contribution in [0.2, 0.25) is 5.02 Å². The molecule has 0 saturated carbocycles. The lowest BCUT2D eigenvalue weighted by atomic mass is 10.1. The number of nitrogens with zero attached hydrogens (tertiary/aromatic N) is 6. The Labute approximate surface area is 201 Å². The highest BCUT2D eigenvalue weighted by Crippen LogP contribution is 2.28. The Kier molecular flexibility index (Phi) is 5.53. The summed E-state index contributed by atoms with van der Waals surface area (Å²) in [6.07, 6.45) is 3.58. The number of rotatable bonds is 5. The van der Waals surface area contributed by atoms with E-state index in [1.165, 1.54) is 0 Å². The van der Waals surface area contributed by atoms with Crippen molar-refractivity contribution in [3.05, 3.63) is 70.3 Å². The Bertz CT molecular complexity index is 1550. The van der Waals surface area contributed by atoms with E-state index in [1.54, 1.807) is 30.3 Å². The second-order valence-corrected chi connectivity index (χ2v) is 8.85.